The molecule has 0 heterocycles. The van der Waals surface area contributed by atoms with E-state index < -0.39 is 21.2 Å². The molecule has 0 aromatic rings. The molecule has 0 saturated heterocycles. The standard InChI is InChI=1S/C12H24N2O4Si/c1-5-7-19(8-6-2)18-12(16)14-13-11(15)17-9-10(3)4/h10,19H,5-9H2,1-4H3. The van der Waals surface area contributed by atoms with Crippen LogP contribution in [0.4, 0.5) is 9.59 Å². The van der Waals surface area contributed by atoms with Crippen molar-refractivity contribution < 1.29 is 18.8 Å². The Balaban J connectivity index is 4.09. The predicted molar refractivity (Wildman–Crippen MR) is 74.9 cm³/mol. The van der Waals surface area contributed by atoms with Gasteiger partial charge in [0.2, 0.25) is 9.04 Å². The van der Waals surface area contributed by atoms with Gasteiger partial charge in [-0.2, -0.15) is 0 Å². The fraction of sp³-hybridized carbons (Fsp3) is 0.833. The molecule has 19 heavy (non-hydrogen) atoms. The summed E-state index contributed by atoms with van der Waals surface area (Å²) in [5.74, 6) is 0.219. The number of azo groups is 1. The molecule has 0 aliphatic rings. The summed E-state index contributed by atoms with van der Waals surface area (Å²) in [4.78, 5) is 22.5. The molecule has 0 atom stereocenters. The number of amides is 2. The van der Waals surface area contributed by atoms with Gasteiger partial charge < -0.3 is 9.16 Å². The second-order valence-electron chi connectivity index (χ2n) is 4.75. The lowest BCUT2D eigenvalue weighted by molar-refractivity contribution is 0.141. The number of carbonyl (C=O) groups is 2. The Bertz CT molecular complexity index is 302. The molecule has 0 N–H and O–H groups in total. The van der Waals surface area contributed by atoms with Gasteiger partial charge in [-0.05, 0) is 18.0 Å². The second kappa shape index (κ2) is 10.7. The van der Waals surface area contributed by atoms with Gasteiger partial charge in [0.05, 0.1) is 6.61 Å². The average molecular weight is 288 g/mol. The van der Waals surface area contributed by atoms with Crippen molar-refractivity contribution in [3.63, 3.8) is 0 Å². The molecule has 0 rings (SSSR count). The minimum atomic E-state index is -1.54. The highest BCUT2D eigenvalue weighted by atomic mass is 28.3. The third-order valence-corrected chi connectivity index (χ3v) is 5.22. The molecule has 0 aromatic heterocycles. The molecular weight excluding hydrogens is 264 g/mol. The Morgan fingerprint density at radius 3 is 2.05 bits per heavy atom. The first-order valence-electron chi connectivity index (χ1n) is 6.78. The van der Waals surface area contributed by atoms with Crippen LogP contribution >= 0.6 is 0 Å². The van der Waals surface area contributed by atoms with Gasteiger partial charge in [0.15, 0.2) is 0 Å². The van der Waals surface area contributed by atoms with Crippen molar-refractivity contribution in [3.8, 4) is 0 Å². The summed E-state index contributed by atoms with van der Waals surface area (Å²) in [5, 5.41) is 6.41. The first kappa shape index (κ1) is 17.8. The van der Waals surface area contributed by atoms with Crippen LogP contribution < -0.4 is 0 Å². The molecule has 2 amide bonds. The topological polar surface area (TPSA) is 77.3 Å². The van der Waals surface area contributed by atoms with Crippen LogP contribution in [0.3, 0.4) is 0 Å². The van der Waals surface area contributed by atoms with E-state index in [2.05, 4.69) is 10.2 Å². The fourth-order valence-corrected chi connectivity index (χ4v) is 3.57. The molecule has 0 spiro atoms. The van der Waals surface area contributed by atoms with Crippen molar-refractivity contribution >= 4 is 21.2 Å². The zero-order chi connectivity index (χ0) is 14.7. The highest BCUT2D eigenvalue weighted by Crippen LogP contribution is 2.08. The molecule has 7 heteroatoms. The van der Waals surface area contributed by atoms with Gasteiger partial charge in [-0.15, -0.1) is 0 Å². The van der Waals surface area contributed by atoms with E-state index in [1.54, 1.807) is 0 Å². The highest BCUT2D eigenvalue weighted by molar-refractivity contribution is 6.53. The van der Waals surface area contributed by atoms with Gasteiger partial charge in [-0.25, -0.2) is 9.59 Å². The number of nitrogens with zero attached hydrogens (tertiary/aromatic N) is 2. The highest BCUT2D eigenvalue weighted by Gasteiger charge is 2.15. The Labute approximate surface area is 116 Å². The Hall–Kier alpha value is -1.24. The van der Waals surface area contributed by atoms with Crippen LogP contribution in [0.15, 0.2) is 10.2 Å². The molecule has 110 valence electrons. The van der Waals surface area contributed by atoms with Crippen molar-refractivity contribution in [3.05, 3.63) is 0 Å². The number of hydrogen-bond donors (Lipinski definition) is 0. The maximum absolute atomic E-state index is 11.4. The maximum atomic E-state index is 11.4. The largest absolute Gasteiger partial charge is 0.504 e. The van der Waals surface area contributed by atoms with Gasteiger partial charge in [0.25, 0.3) is 0 Å². The second-order valence-corrected chi connectivity index (χ2v) is 7.39. The number of ether oxygens (including phenoxy) is 1. The minimum absolute atomic E-state index is 0.219. The van der Waals surface area contributed by atoms with Crippen LogP contribution in [-0.4, -0.2) is 27.8 Å². The minimum Gasteiger partial charge on any atom is -0.504 e. The van der Waals surface area contributed by atoms with Crippen molar-refractivity contribution in [2.24, 2.45) is 16.1 Å². The predicted octanol–water partition coefficient (Wildman–Crippen LogP) is 3.91. The molecule has 0 aliphatic carbocycles. The Morgan fingerprint density at radius 1 is 1.05 bits per heavy atom. The van der Waals surface area contributed by atoms with Crippen LogP contribution in [0.5, 0.6) is 0 Å². The SMILES string of the molecule is CCC[SiH](CCC)OC(=O)N=NC(=O)OCC(C)C. The number of rotatable bonds is 7. The number of hydrogen-bond acceptors (Lipinski definition) is 4. The van der Waals surface area contributed by atoms with Crippen molar-refractivity contribution in [1.82, 2.24) is 0 Å². The molecule has 0 fully saturated rings. The van der Waals surface area contributed by atoms with Crippen LogP contribution in [0.25, 0.3) is 0 Å². The molecule has 0 saturated carbocycles. The first-order chi connectivity index (χ1) is 8.99. The van der Waals surface area contributed by atoms with Gasteiger partial charge in [0, 0.05) is 0 Å². The lowest BCUT2D eigenvalue weighted by Crippen LogP contribution is -2.20. The molecule has 0 radical (unpaired) electrons. The quantitative estimate of drug-likeness (QED) is 0.525. The van der Waals surface area contributed by atoms with Crippen molar-refractivity contribution in [2.45, 2.75) is 52.6 Å². The third-order valence-electron chi connectivity index (χ3n) is 2.24. The van der Waals surface area contributed by atoms with E-state index in [-0.39, 0.29) is 12.5 Å². The smallest absolute Gasteiger partial charge is 0.452 e. The Kier molecular flexibility index (Phi) is 9.96. The normalized spacial score (nSPS) is 11.3. The molecule has 0 aromatic carbocycles. The molecule has 0 bridgehead atoms. The van der Waals surface area contributed by atoms with Crippen LogP contribution in [0.1, 0.15) is 40.5 Å². The summed E-state index contributed by atoms with van der Waals surface area (Å²) in [7, 11) is -1.54. The van der Waals surface area contributed by atoms with Gasteiger partial charge >= 0.3 is 12.2 Å². The maximum Gasteiger partial charge on any atom is 0.452 e. The average Bonchev–Trinajstić information content (AvgIpc) is 2.34. The van der Waals surface area contributed by atoms with Crippen molar-refractivity contribution in [2.75, 3.05) is 6.61 Å². The number of carbonyl (C=O) groups excluding carboxylic acids is 2. The summed E-state index contributed by atoms with van der Waals surface area (Å²) in [5.41, 5.74) is 0. The first-order valence-corrected chi connectivity index (χ1v) is 8.89. The van der Waals surface area contributed by atoms with E-state index >= 15 is 0 Å². The molecule has 6 nitrogen and oxygen atoms in total. The van der Waals surface area contributed by atoms with Gasteiger partial charge in [-0.1, -0.05) is 50.8 Å². The zero-order valence-electron chi connectivity index (χ0n) is 12.2. The summed E-state index contributed by atoms with van der Waals surface area (Å²) in [6, 6.07) is 1.85. The Morgan fingerprint density at radius 2 is 1.58 bits per heavy atom. The van der Waals surface area contributed by atoms with Gasteiger partial charge in [0.1, 0.15) is 0 Å². The van der Waals surface area contributed by atoms with Crippen LogP contribution in [0.2, 0.25) is 12.1 Å². The summed E-state index contributed by atoms with van der Waals surface area (Å²) >= 11 is 0. The van der Waals surface area contributed by atoms with E-state index in [0.717, 1.165) is 24.9 Å². The lowest BCUT2D eigenvalue weighted by Gasteiger charge is -2.11. The van der Waals surface area contributed by atoms with E-state index in [1.165, 1.54) is 0 Å². The molecule has 0 aliphatic heterocycles. The van der Waals surface area contributed by atoms with E-state index in [9.17, 15) is 9.59 Å². The van der Waals surface area contributed by atoms with E-state index in [4.69, 9.17) is 9.16 Å². The molecule has 0 unspecified atom stereocenters. The zero-order valence-corrected chi connectivity index (χ0v) is 13.4. The summed E-state index contributed by atoms with van der Waals surface area (Å²) in [6.07, 6.45) is 0.338. The lowest BCUT2D eigenvalue weighted by atomic mass is 10.2. The van der Waals surface area contributed by atoms with Gasteiger partial charge in [-0.3, -0.25) is 0 Å². The molecular formula is C12H24N2O4Si. The summed E-state index contributed by atoms with van der Waals surface area (Å²) < 4.78 is 10.00. The van der Waals surface area contributed by atoms with Crippen LogP contribution in [0, 0.1) is 5.92 Å². The third kappa shape index (κ3) is 10.4. The van der Waals surface area contributed by atoms with Crippen LogP contribution in [-0.2, 0) is 9.16 Å². The summed E-state index contributed by atoms with van der Waals surface area (Å²) in [6.45, 7) is 8.17. The van der Waals surface area contributed by atoms with E-state index in [1.807, 2.05) is 27.7 Å². The van der Waals surface area contributed by atoms with E-state index in [0.29, 0.717) is 0 Å². The fourth-order valence-electron chi connectivity index (χ4n) is 1.42. The van der Waals surface area contributed by atoms with Crippen molar-refractivity contribution in [1.29, 1.82) is 0 Å². The monoisotopic (exact) mass is 288 g/mol.